The van der Waals surface area contributed by atoms with Gasteiger partial charge in [-0.25, -0.2) is 0 Å². The normalized spacial score (nSPS) is 21.1. The van der Waals surface area contributed by atoms with Crippen LogP contribution in [-0.4, -0.2) is 54.1 Å². The van der Waals surface area contributed by atoms with E-state index in [1.54, 1.807) is 0 Å². The van der Waals surface area contributed by atoms with Gasteiger partial charge >= 0.3 is 0 Å². The molecule has 3 rings (SSSR count). The van der Waals surface area contributed by atoms with Gasteiger partial charge in [0.25, 0.3) is 0 Å². The Kier molecular flexibility index (Phi) is 4.88. The van der Waals surface area contributed by atoms with Crippen LogP contribution in [0.4, 0.5) is 0 Å². The molecule has 1 aliphatic carbocycles. The third kappa shape index (κ3) is 4.50. The zero-order chi connectivity index (χ0) is 14.7. The molecule has 1 saturated heterocycles. The molecule has 1 aliphatic heterocycles. The quantitative estimate of drug-likeness (QED) is 0.866. The van der Waals surface area contributed by atoms with Crippen molar-refractivity contribution in [2.45, 2.75) is 50.9 Å². The minimum Gasteiger partial charge on any atom is -0.310 e. The molecule has 0 aromatic carbocycles. The molecule has 0 radical (unpaired) electrons. The van der Waals surface area contributed by atoms with Crippen LogP contribution in [-0.2, 0) is 13.1 Å². The van der Waals surface area contributed by atoms with Gasteiger partial charge in [-0.15, -0.1) is 0 Å². The van der Waals surface area contributed by atoms with Crippen molar-refractivity contribution >= 4 is 0 Å². The number of aromatic nitrogens is 1. The Bertz CT molecular complexity index is 431. The number of piperidine rings is 1. The molecule has 2 heterocycles. The Hall–Kier alpha value is -0.970. The SMILES string of the molecule is CN(C)C1CCN(Cc2ccc(CNC3CC3)cn2)CC1. The molecule has 4 heteroatoms. The number of likely N-dealkylation sites (tertiary alicyclic amines) is 1. The Labute approximate surface area is 128 Å². The lowest BCUT2D eigenvalue weighted by Gasteiger charge is -2.34. The van der Waals surface area contributed by atoms with Gasteiger partial charge in [-0.05, 0) is 51.4 Å². The highest BCUT2D eigenvalue weighted by Crippen LogP contribution is 2.19. The Morgan fingerprint density at radius 1 is 1.19 bits per heavy atom. The molecule has 0 atom stereocenters. The molecule has 1 aromatic heterocycles. The van der Waals surface area contributed by atoms with Crippen molar-refractivity contribution in [3.05, 3.63) is 29.6 Å². The van der Waals surface area contributed by atoms with Gasteiger partial charge in [0.1, 0.15) is 0 Å². The zero-order valence-electron chi connectivity index (χ0n) is 13.4. The third-order valence-corrected chi connectivity index (χ3v) is 4.73. The number of pyridine rings is 1. The van der Waals surface area contributed by atoms with Crippen molar-refractivity contribution in [2.75, 3.05) is 27.2 Å². The van der Waals surface area contributed by atoms with Gasteiger partial charge in [0, 0.05) is 44.5 Å². The van der Waals surface area contributed by atoms with Crippen molar-refractivity contribution in [3.63, 3.8) is 0 Å². The van der Waals surface area contributed by atoms with E-state index in [1.807, 2.05) is 6.20 Å². The molecular formula is C17H28N4. The summed E-state index contributed by atoms with van der Waals surface area (Å²) in [5, 5.41) is 3.53. The van der Waals surface area contributed by atoms with Gasteiger partial charge in [0.05, 0.1) is 5.69 Å². The van der Waals surface area contributed by atoms with Crippen LogP contribution < -0.4 is 5.32 Å². The maximum absolute atomic E-state index is 4.63. The van der Waals surface area contributed by atoms with E-state index in [0.29, 0.717) is 0 Å². The van der Waals surface area contributed by atoms with Crippen LogP contribution in [0.1, 0.15) is 36.9 Å². The smallest absolute Gasteiger partial charge is 0.0544 e. The molecule has 0 spiro atoms. The molecule has 21 heavy (non-hydrogen) atoms. The third-order valence-electron chi connectivity index (χ3n) is 4.73. The summed E-state index contributed by atoms with van der Waals surface area (Å²) in [5.41, 5.74) is 2.51. The zero-order valence-corrected chi connectivity index (χ0v) is 13.4. The van der Waals surface area contributed by atoms with E-state index in [1.165, 1.54) is 50.0 Å². The maximum atomic E-state index is 4.63. The summed E-state index contributed by atoms with van der Waals surface area (Å²) in [7, 11) is 4.38. The molecule has 2 fully saturated rings. The number of hydrogen-bond acceptors (Lipinski definition) is 4. The first kappa shape index (κ1) is 14.9. The van der Waals surface area contributed by atoms with Crippen LogP contribution in [0.15, 0.2) is 18.3 Å². The molecule has 1 N–H and O–H groups in total. The van der Waals surface area contributed by atoms with Gasteiger partial charge < -0.3 is 10.2 Å². The number of hydrogen-bond donors (Lipinski definition) is 1. The van der Waals surface area contributed by atoms with Gasteiger partial charge in [-0.3, -0.25) is 9.88 Å². The minimum absolute atomic E-state index is 0.755. The van der Waals surface area contributed by atoms with Crippen molar-refractivity contribution < 1.29 is 0 Å². The molecule has 0 amide bonds. The first-order chi connectivity index (χ1) is 10.2. The Morgan fingerprint density at radius 2 is 1.95 bits per heavy atom. The van der Waals surface area contributed by atoms with Crippen LogP contribution in [0.2, 0.25) is 0 Å². The lowest BCUT2D eigenvalue weighted by Crippen LogP contribution is -2.41. The molecule has 0 bridgehead atoms. The molecule has 1 aromatic rings. The molecule has 116 valence electrons. The molecule has 1 saturated carbocycles. The summed E-state index contributed by atoms with van der Waals surface area (Å²) in [6.07, 6.45) is 7.27. The fourth-order valence-corrected chi connectivity index (χ4v) is 3.03. The van der Waals surface area contributed by atoms with Crippen LogP contribution >= 0.6 is 0 Å². The fourth-order valence-electron chi connectivity index (χ4n) is 3.03. The van der Waals surface area contributed by atoms with Gasteiger partial charge in [0.2, 0.25) is 0 Å². The summed E-state index contributed by atoms with van der Waals surface area (Å²) in [4.78, 5) is 9.52. The summed E-state index contributed by atoms with van der Waals surface area (Å²) in [5.74, 6) is 0. The standard InChI is InChI=1S/C17H28N4/c1-20(2)17-7-9-21(10-8-17)13-16-4-3-14(12-19-16)11-18-15-5-6-15/h3-4,12,15,17-18H,5-11,13H2,1-2H3. The van der Waals surface area contributed by atoms with Crippen LogP contribution in [0.3, 0.4) is 0 Å². The fraction of sp³-hybridized carbons (Fsp3) is 0.706. The second-order valence-electron chi connectivity index (χ2n) is 6.78. The van der Waals surface area contributed by atoms with Crippen molar-refractivity contribution in [1.29, 1.82) is 0 Å². The highest BCUT2D eigenvalue weighted by Gasteiger charge is 2.21. The lowest BCUT2D eigenvalue weighted by molar-refractivity contribution is 0.139. The number of nitrogens with one attached hydrogen (secondary N) is 1. The second-order valence-corrected chi connectivity index (χ2v) is 6.78. The second kappa shape index (κ2) is 6.86. The average molecular weight is 288 g/mol. The summed E-state index contributed by atoms with van der Waals surface area (Å²) in [6.45, 7) is 4.34. The van der Waals surface area contributed by atoms with Gasteiger partial charge in [-0.2, -0.15) is 0 Å². The Morgan fingerprint density at radius 3 is 2.52 bits per heavy atom. The van der Waals surface area contributed by atoms with E-state index >= 15 is 0 Å². The molecule has 2 aliphatic rings. The monoisotopic (exact) mass is 288 g/mol. The predicted molar refractivity (Wildman–Crippen MR) is 86.1 cm³/mol. The van der Waals surface area contributed by atoms with Crippen molar-refractivity contribution in [1.82, 2.24) is 20.1 Å². The van der Waals surface area contributed by atoms with E-state index in [-0.39, 0.29) is 0 Å². The lowest BCUT2D eigenvalue weighted by atomic mass is 10.0. The van der Waals surface area contributed by atoms with E-state index < -0.39 is 0 Å². The van der Waals surface area contributed by atoms with Crippen LogP contribution in [0.5, 0.6) is 0 Å². The molecular weight excluding hydrogens is 260 g/mol. The minimum atomic E-state index is 0.755. The highest BCUT2D eigenvalue weighted by atomic mass is 15.2. The first-order valence-electron chi connectivity index (χ1n) is 8.26. The van der Waals surface area contributed by atoms with Gasteiger partial charge in [-0.1, -0.05) is 6.07 Å². The van der Waals surface area contributed by atoms with E-state index in [4.69, 9.17) is 0 Å². The largest absolute Gasteiger partial charge is 0.310 e. The number of rotatable bonds is 6. The summed E-state index contributed by atoms with van der Waals surface area (Å²) < 4.78 is 0. The number of nitrogens with zero attached hydrogens (tertiary/aromatic N) is 3. The molecule has 4 nitrogen and oxygen atoms in total. The molecule has 0 unspecified atom stereocenters. The van der Waals surface area contributed by atoms with Crippen LogP contribution in [0.25, 0.3) is 0 Å². The first-order valence-corrected chi connectivity index (χ1v) is 8.26. The van der Waals surface area contributed by atoms with E-state index in [2.05, 4.69) is 46.3 Å². The summed E-state index contributed by atoms with van der Waals surface area (Å²) >= 11 is 0. The van der Waals surface area contributed by atoms with E-state index in [0.717, 1.165) is 25.2 Å². The van der Waals surface area contributed by atoms with Crippen molar-refractivity contribution in [2.24, 2.45) is 0 Å². The highest BCUT2D eigenvalue weighted by molar-refractivity contribution is 5.14. The van der Waals surface area contributed by atoms with Crippen molar-refractivity contribution in [3.8, 4) is 0 Å². The maximum Gasteiger partial charge on any atom is 0.0544 e. The Balaban J connectivity index is 1.44. The van der Waals surface area contributed by atoms with Gasteiger partial charge in [0.15, 0.2) is 0 Å². The summed E-state index contributed by atoms with van der Waals surface area (Å²) in [6, 6.07) is 5.94. The predicted octanol–water partition coefficient (Wildman–Crippen LogP) is 1.86. The topological polar surface area (TPSA) is 31.4 Å². The van der Waals surface area contributed by atoms with E-state index in [9.17, 15) is 0 Å². The van der Waals surface area contributed by atoms with Crippen LogP contribution in [0, 0.1) is 0 Å². The average Bonchev–Trinajstić information content (AvgIpc) is 3.31.